The Morgan fingerprint density at radius 1 is 1.33 bits per heavy atom. The molecule has 1 aliphatic heterocycles. The lowest BCUT2D eigenvalue weighted by Gasteiger charge is -2.33. The zero-order valence-electron chi connectivity index (χ0n) is 11.7. The highest BCUT2D eigenvalue weighted by Crippen LogP contribution is 2.11. The summed E-state index contributed by atoms with van der Waals surface area (Å²) in [7, 11) is 0. The summed E-state index contributed by atoms with van der Waals surface area (Å²) in [4.78, 5) is 14.2. The normalized spacial score (nSPS) is 20.1. The summed E-state index contributed by atoms with van der Waals surface area (Å²) in [5, 5.41) is 6.10. The lowest BCUT2D eigenvalue weighted by Crippen LogP contribution is -2.49. The van der Waals surface area contributed by atoms with Crippen molar-refractivity contribution in [2.45, 2.75) is 45.2 Å². The van der Waals surface area contributed by atoms with Crippen molar-refractivity contribution in [3.05, 3.63) is 12.7 Å². The second-order valence-corrected chi connectivity index (χ2v) is 5.11. The van der Waals surface area contributed by atoms with Gasteiger partial charge in [0.15, 0.2) is 0 Å². The van der Waals surface area contributed by atoms with Crippen LogP contribution in [0.25, 0.3) is 0 Å². The molecule has 1 heterocycles. The molecule has 0 saturated carbocycles. The van der Waals surface area contributed by atoms with E-state index in [1.807, 2.05) is 6.92 Å². The summed E-state index contributed by atoms with van der Waals surface area (Å²) in [5.74, 6) is 0.0424. The number of nitrogens with one attached hydrogen (secondary N) is 2. The van der Waals surface area contributed by atoms with E-state index in [2.05, 4.69) is 29.0 Å². The van der Waals surface area contributed by atoms with Crippen LogP contribution in [0.5, 0.6) is 0 Å². The zero-order chi connectivity index (χ0) is 13.4. The molecule has 0 radical (unpaired) electrons. The molecule has 0 aliphatic carbocycles. The minimum absolute atomic E-state index is 0.0424. The summed E-state index contributed by atoms with van der Waals surface area (Å²) in [6, 6.07) is 0.358. The van der Waals surface area contributed by atoms with Gasteiger partial charge in [0, 0.05) is 19.1 Å². The van der Waals surface area contributed by atoms with E-state index in [-0.39, 0.29) is 11.9 Å². The van der Waals surface area contributed by atoms with Gasteiger partial charge in [-0.05, 0) is 39.8 Å². The number of carbonyl (C=O) groups is 1. The molecule has 0 spiro atoms. The van der Waals surface area contributed by atoms with Crippen molar-refractivity contribution >= 4 is 5.91 Å². The molecule has 1 rings (SSSR count). The van der Waals surface area contributed by atoms with Crippen molar-refractivity contribution in [2.75, 3.05) is 26.2 Å². The average Bonchev–Trinajstić information content (AvgIpc) is 2.42. The first-order valence-electron chi connectivity index (χ1n) is 7.01. The fraction of sp³-hybridized carbons (Fsp3) is 0.786. The number of carbonyl (C=O) groups excluding carboxylic acids is 1. The monoisotopic (exact) mass is 253 g/mol. The van der Waals surface area contributed by atoms with Crippen molar-refractivity contribution in [3.63, 3.8) is 0 Å². The van der Waals surface area contributed by atoms with Crippen LogP contribution < -0.4 is 10.6 Å². The molecule has 0 bridgehead atoms. The summed E-state index contributed by atoms with van der Waals surface area (Å²) >= 11 is 0. The lowest BCUT2D eigenvalue weighted by molar-refractivity contribution is -0.122. The molecule has 2 unspecified atom stereocenters. The molecule has 0 aromatic heterocycles. The first-order chi connectivity index (χ1) is 8.65. The molecule has 1 amide bonds. The quantitative estimate of drug-likeness (QED) is 0.669. The van der Waals surface area contributed by atoms with Gasteiger partial charge in [0.1, 0.15) is 0 Å². The number of rotatable bonds is 7. The Hall–Kier alpha value is -0.870. The van der Waals surface area contributed by atoms with Crippen molar-refractivity contribution in [2.24, 2.45) is 0 Å². The standard InChI is InChI=1S/C14H27N3O/c1-4-8-15-14(18)13(3)16-11-12(2)17-9-6-5-7-10-17/h4,12-13,16H,1,5-11H2,2-3H3,(H,15,18). The first-order valence-corrected chi connectivity index (χ1v) is 7.01. The van der Waals surface area contributed by atoms with E-state index in [1.165, 1.54) is 32.4 Å². The third-order valence-electron chi connectivity index (χ3n) is 3.55. The molecular formula is C14H27N3O. The maximum atomic E-state index is 11.7. The maximum Gasteiger partial charge on any atom is 0.237 e. The summed E-state index contributed by atoms with van der Waals surface area (Å²) in [6.07, 6.45) is 5.66. The van der Waals surface area contributed by atoms with E-state index in [0.717, 1.165) is 6.54 Å². The van der Waals surface area contributed by atoms with Gasteiger partial charge in [0.25, 0.3) is 0 Å². The van der Waals surface area contributed by atoms with Crippen LogP contribution in [-0.4, -0.2) is 49.1 Å². The lowest BCUT2D eigenvalue weighted by atomic mass is 10.1. The van der Waals surface area contributed by atoms with Gasteiger partial charge in [-0.15, -0.1) is 6.58 Å². The molecule has 18 heavy (non-hydrogen) atoms. The van der Waals surface area contributed by atoms with Gasteiger partial charge in [0.2, 0.25) is 5.91 Å². The van der Waals surface area contributed by atoms with Gasteiger partial charge < -0.3 is 10.6 Å². The van der Waals surface area contributed by atoms with E-state index in [0.29, 0.717) is 12.6 Å². The average molecular weight is 253 g/mol. The van der Waals surface area contributed by atoms with Gasteiger partial charge in [-0.2, -0.15) is 0 Å². The Balaban J connectivity index is 2.21. The fourth-order valence-electron chi connectivity index (χ4n) is 2.25. The van der Waals surface area contributed by atoms with Gasteiger partial charge in [-0.25, -0.2) is 0 Å². The van der Waals surface area contributed by atoms with Gasteiger partial charge in [-0.3, -0.25) is 9.69 Å². The van der Waals surface area contributed by atoms with Crippen LogP contribution >= 0.6 is 0 Å². The van der Waals surface area contributed by atoms with E-state index < -0.39 is 0 Å². The van der Waals surface area contributed by atoms with Gasteiger partial charge in [0.05, 0.1) is 6.04 Å². The van der Waals surface area contributed by atoms with Crippen LogP contribution in [0, 0.1) is 0 Å². The van der Waals surface area contributed by atoms with E-state index in [1.54, 1.807) is 6.08 Å². The second kappa shape index (κ2) is 8.27. The predicted octanol–water partition coefficient (Wildman–Crippen LogP) is 1.14. The van der Waals surface area contributed by atoms with Gasteiger partial charge in [-0.1, -0.05) is 12.5 Å². The molecule has 1 fully saturated rings. The third-order valence-corrected chi connectivity index (χ3v) is 3.55. The summed E-state index contributed by atoms with van der Waals surface area (Å²) in [6.45, 7) is 11.5. The highest BCUT2D eigenvalue weighted by atomic mass is 16.2. The molecule has 104 valence electrons. The topological polar surface area (TPSA) is 44.4 Å². The minimum Gasteiger partial charge on any atom is -0.351 e. The van der Waals surface area contributed by atoms with E-state index in [9.17, 15) is 4.79 Å². The smallest absolute Gasteiger partial charge is 0.237 e. The number of hydrogen-bond donors (Lipinski definition) is 2. The fourth-order valence-corrected chi connectivity index (χ4v) is 2.25. The SMILES string of the molecule is C=CCNC(=O)C(C)NCC(C)N1CCCCC1. The number of nitrogens with zero attached hydrogens (tertiary/aromatic N) is 1. The van der Waals surface area contributed by atoms with Crippen LogP contribution in [0.2, 0.25) is 0 Å². The Morgan fingerprint density at radius 2 is 2.00 bits per heavy atom. The number of hydrogen-bond acceptors (Lipinski definition) is 3. The first kappa shape index (κ1) is 15.2. The molecule has 0 aromatic carbocycles. The predicted molar refractivity (Wildman–Crippen MR) is 75.6 cm³/mol. The van der Waals surface area contributed by atoms with Crippen molar-refractivity contribution in [1.82, 2.24) is 15.5 Å². The Labute approximate surface area is 111 Å². The number of amides is 1. The number of piperidine rings is 1. The third kappa shape index (κ3) is 5.19. The number of likely N-dealkylation sites (tertiary alicyclic amines) is 1. The molecular weight excluding hydrogens is 226 g/mol. The Bertz CT molecular complexity index is 262. The molecule has 4 nitrogen and oxygen atoms in total. The molecule has 0 aromatic rings. The molecule has 2 N–H and O–H groups in total. The minimum atomic E-state index is -0.141. The maximum absolute atomic E-state index is 11.7. The van der Waals surface area contributed by atoms with Crippen LogP contribution in [-0.2, 0) is 4.79 Å². The molecule has 1 saturated heterocycles. The van der Waals surface area contributed by atoms with Crippen LogP contribution in [0.1, 0.15) is 33.1 Å². The largest absolute Gasteiger partial charge is 0.351 e. The van der Waals surface area contributed by atoms with Crippen molar-refractivity contribution in [1.29, 1.82) is 0 Å². The highest BCUT2D eigenvalue weighted by Gasteiger charge is 2.18. The van der Waals surface area contributed by atoms with Crippen LogP contribution in [0.15, 0.2) is 12.7 Å². The van der Waals surface area contributed by atoms with Crippen molar-refractivity contribution in [3.8, 4) is 0 Å². The Morgan fingerprint density at radius 3 is 2.61 bits per heavy atom. The summed E-state index contributed by atoms with van der Waals surface area (Å²) < 4.78 is 0. The highest BCUT2D eigenvalue weighted by molar-refractivity contribution is 5.81. The molecule has 2 atom stereocenters. The van der Waals surface area contributed by atoms with Crippen molar-refractivity contribution < 1.29 is 4.79 Å². The Kier molecular flexibility index (Phi) is 6.98. The molecule has 1 aliphatic rings. The summed E-state index contributed by atoms with van der Waals surface area (Å²) in [5.41, 5.74) is 0. The molecule has 4 heteroatoms. The van der Waals surface area contributed by atoms with Crippen LogP contribution in [0.3, 0.4) is 0 Å². The van der Waals surface area contributed by atoms with Gasteiger partial charge >= 0.3 is 0 Å². The van der Waals surface area contributed by atoms with Crippen LogP contribution in [0.4, 0.5) is 0 Å². The van der Waals surface area contributed by atoms with E-state index in [4.69, 9.17) is 0 Å². The second-order valence-electron chi connectivity index (χ2n) is 5.11. The van der Waals surface area contributed by atoms with E-state index >= 15 is 0 Å². The zero-order valence-corrected chi connectivity index (χ0v) is 11.7.